The van der Waals surface area contributed by atoms with Crippen LogP contribution in [-0.2, 0) is 16.1 Å². The minimum absolute atomic E-state index is 0.0207. The number of likely N-dealkylation sites (tertiary alicyclic amines) is 1. The Labute approximate surface area is 248 Å². The molecule has 1 aromatic carbocycles. The summed E-state index contributed by atoms with van der Waals surface area (Å²) in [5.41, 5.74) is 2.86. The minimum Gasteiger partial charge on any atom is -0.353 e. The fourth-order valence-electron chi connectivity index (χ4n) is 5.06. The van der Waals surface area contributed by atoms with Gasteiger partial charge in [-0.15, -0.1) is 0 Å². The fraction of sp³-hybridized carbons (Fsp3) is 0.367. The summed E-state index contributed by atoms with van der Waals surface area (Å²) in [5.74, 6) is 0.833. The lowest BCUT2D eigenvalue weighted by Crippen LogP contribution is -2.58. The normalized spacial score (nSPS) is 15.2. The zero-order valence-corrected chi connectivity index (χ0v) is 25.2. The van der Waals surface area contributed by atoms with Gasteiger partial charge in [-0.05, 0) is 57.4 Å². The molecule has 0 saturated carbocycles. The van der Waals surface area contributed by atoms with E-state index in [0.717, 1.165) is 46.3 Å². The van der Waals surface area contributed by atoms with E-state index in [4.69, 9.17) is 5.26 Å². The van der Waals surface area contributed by atoms with Gasteiger partial charge >= 0.3 is 0 Å². The number of anilines is 1. The van der Waals surface area contributed by atoms with Crippen molar-refractivity contribution in [1.82, 2.24) is 24.3 Å². The molecule has 10 nitrogen and oxygen atoms in total. The maximum absolute atomic E-state index is 13.4. The van der Waals surface area contributed by atoms with Gasteiger partial charge in [-0.25, -0.2) is 4.98 Å². The second kappa shape index (κ2) is 13.1. The molecule has 0 bridgehead atoms. The van der Waals surface area contributed by atoms with E-state index in [-0.39, 0.29) is 18.4 Å². The van der Waals surface area contributed by atoms with Crippen molar-refractivity contribution in [2.75, 3.05) is 58.3 Å². The smallest absolute Gasteiger partial charge is 0.256 e. The van der Waals surface area contributed by atoms with Crippen molar-refractivity contribution in [2.45, 2.75) is 19.5 Å². The van der Waals surface area contributed by atoms with Crippen LogP contribution in [0, 0.1) is 18.3 Å². The number of benzene rings is 1. The van der Waals surface area contributed by atoms with Gasteiger partial charge in [0.05, 0.1) is 17.7 Å². The quantitative estimate of drug-likeness (QED) is 0.308. The molecule has 41 heavy (non-hydrogen) atoms. The maximum Gasteiger partial charge on any atom is 0.256 e. The molecule has 2 aliphatic rings. The van der Waals surface area contributed by atoms with Crippen LogP contribution in [0.4, 0.5) is 5.82 Å². The molecule has 0 unspecified atom stereocenters. The molecule has 0 atom stereocenters. The van der Waals surface area contributed by atoms with Crippen molar-refractivity contribution < 1.29 is 14.4 Å². The highest BCUT2D eigenvalue weighted by Crippen LogP contribution is 2.30. The molecule has 2 fully saturated rings. The molecular formula is C30H34BrN7O3. The number of piperazine rings is 1. The van der Waals surface area contributed by atoms with Gasteiger partial charge in [0, 0.05) is 72.6 Å². The first-order valence-electron chi connectivity index (χ1n) is 13.4. The van der Waals surface area contributed by atoms with Crippen LogP contribution in [0.1, 0.15) is 21.6 Å². The Balaban J connectivity index is 0.000000296. The summed E-state index contributed by atoms with van der Waals surface area (Å²) in [4.78, 5) is 47.8. The fourth-order valence-corrected chi connectivity index (χ4v) is 5.42. The van der Waals surface area contributed by atoms with Gasteiger partial charge in [0.2, 0.25) is 5.91 Å². The van der Waals surface area contributed by atoms with Crippen LogP contribution in [0.15, 0.2) is 53.7 Å². The van der Waals surface area contributed by atoms with Gasteiger partial charge in [-0.2, -0.15) is 5.26 Å². The summed E-state index contributed by atoms with van der Waals surface area (Å²) in [7, 11) is 4.06. The summed E-state index contributed by atoms with van der Waals surface area (Å²) in [6.45, 7) is 9.72. The van der Waals surface area contributed by atoms with Crippen LogP contribution in [0.3, 0.4) is 0 Å². The number of pyridine rings is 1. The number of nitrogens with zero attached hydrogens (tertiary/aromatic N) is 7. The Morgan fingerprint density at radius 2 is 1.85 bits per heavy atom. The number of carbonyl (C=O) groups excluding carboxylic acids is 3. The van der Waals surface area contributed by atoms with E-state index in [9.17, 15) is 14.4 Å². The number of carbonyl (C=O) groups is 3. The highest BCUT2D eigenvalue weighted by atomic mass is 79.9. The molecular weight excluding hydrogens is 586 g/mol. The number of amides is 2. The standard InChI is InChI=1S/C22H20BrN5O2.C8H14N2O/c1-15-21(18-12-17(23)3-4-19(18)28(15)10-11-29)22(30)27-8-6-26(7-9-27)20-5-2-16(13-24)14-25-20;1-4-8(11)10-5-7(6-10)9(2)3/h2-5,11-12,14H,6-10H2,1H3;4,7H,1,5-6H2,2-3H3. The number of rotatable bonds is 6. The van der Waals surface area contributed by atoms with Crippen molar-refractivity contribution >= 4 is 50.8 Å². The largest absolute Gasteiger partial charge is 0.353 e. The lowest BCUT2D eigenvalue weighted by atomic mass is 10.1. The first-order valence-corrected chi connectivity index (χ1v) is 14.2. The molecule has 11 heteroatoms. The Morgan fingerprint density at radius 3 is 2.41 bits per heavy atom. The molecule has 0 radical (unpaired) electrons. The van der Waals surface area contributed by atoms with Crippen molar-refractivity contribution in [3.63, 3.8) is 0 Å². The Kier molecular flexibility index (Phi) is 9.57. The monoisotopic (exact) mass is 619 g/mol. The van der Waals surface area contributed by atoms with Gasteiger partial charge in [0.1, 0.15) is 18.2 Å². The first-order chi connectivity index (χ1) is 19.7. The summed E-state index contributed by atoms with van der Waals surface area (Å²) < 4.78 is 2.78. The lowest BCUT2D eigenvalue weighted by Gasteiger charge is -2.42. The molecule has 0 N–H and O–H groups in total. The average molecular weight is 621 g/mol. The van der Waals surface area contributed by atoms with E-state index in [1.807, 2.05) is 54.8 Å². The molecule has 2 amide bonds. The summed E-state index contributed by atoms with van der Waals surface area (Å²) in [6, 6.07) is 12.0. The Morgan fingerprint density at radius 1 is 1.15 bits per heavy atom. The van der Waals surface area contributed by atoms with Crippen LogP contribution in [0.2, 0.25) is 0 Å². The van der Waals surface area contributed by atoms with Crippen LogP contribution in [0.5, 0.6) is 0 Å². The molecule has 0 aliphatic carbocycles. The van der Waals surface area contributed by atoms with E-state index in [1.165, 1.54) is 6.08 Å². The van der Waals surface area contributed by atoms with Crippen molar-refractivity contribution in [1.29, 1.82) is 5.26 Å². The number of fused-ring (bicyclic) bond motifs is 1. The Hall–Kier alpha value is -4.01. The van der Waals surface area contributed by atoms with Crippen molar-refractivity contribution in [3.05, 3.63) is 70.5 Å². The maximum atomic E-state index is 13.4. The second-order valence-corrected chi connectivity index (χ2v) is 11.2. The molecule has 0 spiro atoms. The van der Waals surface area contributed by atoms with Crippen molar-refractivity contribution in [2.24, 2.45) is 0 Å². The van der Waals surface area contributed by atoms with Gasteiger partial charge in [0.25, 0.3) is 5.91 Å². The highest BCUT2D eigenvalue weighted by molar-refractivity contribution is 9.10. The summed E-state index contributed by atoms with van der Waals surface area (Å²) in [6.07, 6.45) is 3.79. The number of halogens is 1. The van der Waals surface area contributed by atoms with E-state index in [2.05, 4.69) is 43.4 Å². The SMILES string of the molecule is C=CC(=O)N1CC(N(C)C)C1.Cc1c(C(=O)N2CCN(c3ccc(C#N)cn3)CC2)c2cc(Br)ccc2n1CC=O. The van der Waals surface area contributed by atoms with E-state index < -0.39 is 0 Å². The minimum atomic E-state index is -0.0207. The first kappa shape index (κ1) is 30.0. The van der Waals surface area contributed by atoms with Crippen LogP contribution in [0.25, 0.3) is 10.9 Å². The lowest BCUT2D eigenvalue weighted by molar-refractivity contribution is -0.132. The number of hydrogen-bond acceptors (Lipinski definition) is 7. The predicted molar refractivity (Wildman–Crippen MR) is 162 cm³/mol. The molecule has 3 aromatic rings. The molecule has 2 aliphatic heterocycles. The van der Waals surface area contributed by atoms with Gasteiger partial charge in [-0.1, -0.05) is 22.5 Å². The zero-order valence-electron chi connectivity index (χ0n) is 23.6. The number of hydrogen-bond donors (Lipinski definition) is 0. The summed E-state index contributed by atoms with van der Waals surface area (Å²) in [5, 5.41) is 9.77. The van der Waals surface area contributed by atoms with E-state index in [0.29, 0.717) is 43.3 Å². The van der Waals surface area contributed by atoms with E-state index >= 15 is 0 Å². The Bertz CT molecular complexity index is 1480. The topological polar surface area (TPSA) is 106 Å². The third-order valence-electron chi connectivity index (χ3n) is 7.60. The molecule has 214 valence electrons. The van der Waals surface area contributed by atoms with Gasteiger partial charge in [0.15, 0.2) is 0 Å². The number of nitriles is 1. The molecule has 4 heterocycles. The van der Waals surface area contributed by atoms with Crippen LogP contribution < -0.4 is 4.90 Å². The second-order valence-electron chi connectivity index (χ2n) is 10.3. The number of likely N-dealkylation sites (N-methyl/N-ethyl adjacent to an activating group) is 1. The number of aromatic nitrogens is 2. The van der Waals surface area contributed by atoms with Crippen molar-refractivity contribution in [3.8, 4) is 6.07 Å². The molecule has 2 aromatic heterocycles. The molecule has 2 saturated heterocycles. The zero-order chi connectivity index (χ0) is 29.7. The average Bonchev–Trinajstić information content (AvgIpc) is 3.22. The van der Waals surface area contributed by atoms with E-state index in [1.54, 1.807) is 17.2 Å². The number of aldehydes is 1. The predicted octanol–water partition coefficient (Wildman–Crippen LogP) is 3.09. The third kappa shape index (κ3) is 6.50. The molecule has 5 rings (SSSR count). The van der Waals surface area contributed by atoms with Gasteiger partial charge in [-0.3, -0.25) is 9.59 Å². The summed E-state index contributed by atoms with van der Waals surface area (Å²) >= 11 is 3.49. The van der Waals surface area contributed by atoms with Gasteiger partial charge < -0.3 is 29.0 Å². The highest BCUT2D eigenvalue weighted by Gasteiger charge is 2.30. The van der Waals surface area contributed by atoms with Crippen LogP contribution in [-0.4, -0.2) is 102 Å². The third-order valence-corrected chi connectivity index (χ3v) is 8.10. The van der Waals surface area contributed by atoms with Crippen LogP contribution >= 0.6 is 15.9 Å².